The van der Waals surface area contributed by atoms with Gasteiger partial charge in [-0.15, -0.1) is 0 Å². The topological polar surface area (TPSA) is 13.0 Å². The summed E-state index contributed by atoms with van der Waals surface area (Å²) in [6.07, 6.45) is 2.07. The summed E-state index contributed by atoms with van der Waals surface area (Å²) < 4.78 is 5.74. The Morgan fingerprint density at radius 1 is 0.385 bits per heavy atom. The van der Waals surface area contributed by atoms with Gasteiger partial charge in [0.05, 0.1) is 12.3 Å². The Hall–Kier alpha value is -2.42. The van der Waals surface area contributed by atoms with Gasteiger partial charge in [0.1, 0.15) is 0 Å². The molecule has 0 aliphatic carbocycles. The van der Waals surface area contributed by atoms with E-state index in [-0.39, 0.29) is 0 Å². The summed E-state index contributed by atoms with van der Waals surface area (Å²) in [7, 11) is -1.17. The van der Waals surface area contributed by atoms with Gasteiger partial charge in [0.25, 0.3) is 0 Å². The molecule has 4 aromatic rings. The van der Waals surface area contributed by atoms with Crippen molar-refractivity contribution in [3.8, 4) is 0 Å². The number of hydrogen-bond donors (Lipinski definition) is 0. The van der Waals surface area contributed by atoms with E-state index in [0.29, 0.717) is 12.3 Å². The van der Waals surface area contributed by atoms with Gasteiger partial charge in [-0.05, 0) is 21.2 Å². The van der Waals surface area contributed by atoms with Gasteiger partial charge in [-0.2, -0.15) is 0 Å². The molecule has 3 aliphatic rings. The predicted molar refractivity (Wildman–Crippen MR) is 167 cm³/mol. The van der Waals surface area contributed by atoms with Crippen LogP contribution in [0.4, 0.5) is 0 Å². The van der Waals surface area contributed by atoms with Crippen molar-refractivity contribution in [3.63, 3.8) is 0 Å². The average molecular weight is 551 g/mol. The summed E-state index contributed by atoms with van der Waals surface area (Å²) in [6, 6.07) is 45.0. The Morgan fingerprint density at radius 2 is 0.667 bits per heavy atom. The number of fused-ring (bicyclic) bond motifs is 2. The van der Waals surface area contributed by atoms with Gasteiger partial charge in [0, 0.05) is 61.8 Å². The maximum absolute atomic E-state index is 2.87. The van der Waals surface area contributed by atoms with Crippen molar-refractivity contribution < 1.29 is 0 Å². The first kappa shape index (κ1) is 25.5. The van der Waals surface area contributed by atoms with Crippen LogP contribution in [-0.4, -0.2) is 70.7 Å². The maximum atomic E-state index is 2.87. The van der Waals surface area contributed by atoms with Crippen molar-refractivity contribution in [1.29, 1.82) is 0 Å². The molecule has 2 unspecified atom stereocenters. The quantitative estimate of drug-likeness (QED) is 0.331. The Morgan fingerprint density at radius 3 is 0.974 bits per heavy atom. The fourth-order valence-electron chi connectivity index (χ4n) is 6.58. The van der Waals surface area contributed by atoms with Gasteiger partial charge in [0.15, 0.2) is 0 Å². The van der Waals surface area contributed by atoms with Gasteiger partial charge in [-0.3, -0.25) is 19.1 Å². The minimum absolute atomic E-state index is 0.454. The molecule has 198 valence electrons. The van der Waals surface area contributed by atoms with Crippen LogP contribution < -0.4 is 21.2 Å². The molecule has 2 atom stereocenters. The van der Waals surface area contributed by atoms with Gasteiger partial charge in [0.2, 0.25) is 0 Å². The molecule has 4 nitrogen and oxygen atoms in total. The van der Waals surface area contributed by atoms with E-state index >= 15 is 0 Å². The minimum atomic E-state index is -0.583. The Labute approximate surface area is 235 Å². The number of rotatable bonds is 6. The van der Waals surface area contributed by atoms with E-state index in [4.69, 9.17) is 0 Å². The predicted octanol–water partition coefficient (Wildman–Crippen LogP) is 4.37. The van der Waals surface area contributed by atoms with E-state index in [2.05, 4.69) is 140 Å². The second-order valence-electron chi connectivity index (χ2n) is 10.6. The SMILES string of the molecule is c1ccc(P(c2ccccc2)N2CCN3CCN4CCN(P(c5ccccc5)c5ccccc5)C4CC32)cc1. The lowest BCUT2D eigenvalue weighted by Crippen LogP contribution is -2.44. The van der Waals surface area contributed by atoms with E-state index in [1.54, 1.807) is 0 Å². The van der Waals surface area contributed by atoms with Crippen molar-refractivity contribution in [2.24, 2.45) is 0 Å². The Bertz CT molecular complexity index is 1160. The Kier molecular flexibility index (Phi) is 7.59. The second-order valence-corrected chi connectivity index (χ2v) is 14.9. The van der Waals surface area contributed by atoms with Gasteiger partial charge >= 0.3 is 0 Å². The summed E-state index contributed by atoms with van der Waals surface area (Å²) in [6.45, 7) is 6.92. The molecular formula is C33H36N4P2. The molecular weight excluding hydrogens is 514 g/mol. The van der Waals surface area contributed by atoms with E-state index in [9.17, 15) is 0 Å². The van der Waals surface area contributed by atoms with E-state index in [1.165, 1.54) is 21.2 Å². The fourth-order valence-corrected chi connectivity index (χ4v) is 11.8. The molecule has 4 aromatic carbocycles. The molecule has 0 radical (unpaired) electrons. The highest BCUT2D eigenvalue weighted by atomic mass is 31.1. The molecule has 0 aromatic heterocycles. The first-order valence-electron chi connectivity index (χ1n) is 14.2. The van der Waals surface area contributed by atoms with Crippen LogP contribution in [0.25, 0.3) is 0 Å². The zero-order chi connectivity index (χ0) is 26.0. The Balaban J connectivity index is 1.24. The van der Waals surface area contributed by atoms with Crippen LogP contribution in [0.1, 0.15) is 6.42 Å². The average Bonchev–Trinajstić information content (AvgIpc) is 3.53. The molecule has 39 heavy (non-hydrogen) atoms. The van der Waals surface area contributed by atoms with Crippen LogP contribution in [0.3, 0.4) is 0 Å². The van der Waals surface area contributed by atoms with Crippen LogP contribution in [0, 0.1) is 0 Å². The van der Waals surface area contributed by atoms with Crippen molar-refractivity contribution in [2.75, 3.05) is 39.3 Å². The molecule has 3 saturated heterocycles. The molecule has 0 saturated carbocycles. The second kappa shape index (κ2) is 11.6. The lowest BCUT2D eigenvalue weighted by Gasteiger charge is -2.40. The summed E-state index contributed by atoms with van der Waals surface area (Å²) >= 11 is 0. The third-order valence-corrected chi connectivity index (χ3v) is 13.5. The first-order chi connectivity index (χ1) is 19.4. The van der Waals surface area contributed by atoms with Crippen molar-refractivity contribution >= 4 is 37.4 Å². The summed E-state index contributed by atoms with van der Waals surface area (Å²) in [5, 5.41) is 5.84. The lowest BCUT2D eigenvalue weighted by atomic mass is 10.2. The van der Waals surface area contributed by atoms with Crippen LogP contribution in [0.2, 0.25) is 0 Å². The summed E-state index contributed by atoms with van der Waals surface area (Å²) in [5.74, 6) is 0. The normalized spacial score (nSPS) is 22.7. The highest BCUT2D eigenvalue weighted by molar-refractivity contribution is 7.71. The van der Waals surface area contributed by atoms with Gasteiger partial charge < -0.3 is 0 Å². The number of nitrogens with zero attached hydrogens (tertiary/aromatic N) is 4. The van der Waals surface area contributed by atoms with Gasteiger partial charge in [-0.1, -0.05) is 121 Å². The van der Waals surface area contributed by atoms with Crippen LogP contribution in [0.15, 0.2) is 121 Å². The zero-order valence-electron chi connectivity index (χ0n) is 22.3. The third kappa shape index (κ3) is 5.11. The summed E-state index contributed by atoms with van der Waals surface area (Å²) in [4.78, 5) is 5.57. The number of benzene rings is 4. The molecule has 3 fully saturated rings. The highest BCUT2D eigenvalue weighted by Crippen LogP contribution is 2.48. The monoisotopic (exact) mass is 550 g/mol. The molecule has 0 amide bonds. The smallest absolute Gasteiger partial charge is 0.0692 e. The summed E-state index contributed by atoms with van der Waals surface area (Å²) in [5.41, 5.74) is 0. The number of hydrogen-bond acceptors (Lipinski definition) is 4. The standard InChI is InChI=1S/C33H36N4P2/c1-5-13-28(14-6-1)38(29-15-7-2-8-16-29)36-25-23-34-21-22-35-24-26-37(33(35)27-32(34)36)39(30-17-9-3-10-18-30)31-19-11-4-12-20-31/h1-20,32-33H,21-27H2. The van der Waals surface area contributed by atoms with Crippen LogP contribution in [-0.2, 0) is 0 Å². The fraction of sp³-hybridized carbons (Fsp3) is 0.273. The van der Waals surface area contributed by atoms with E-state index in [1.807, 2.05) is 0 Å². The molecule has 7 rings (SSSR count). The molecule has 0 spiro atoms. The minimum Gasteiger partial charge on any atom is -0.285 e. The third-order valence-electron chi connectivity index (χ3n) is 8.38. The lowest BCUT2D eigenvalue weighted by molar-refractivity contribution is 0.167. The molecule has 6 heteroatoms. The van der Waals surface area contributed by atoms with Crippen molar-refractivity contribution in [3.05, 3.63) is 121 Å². The van der Waals surface area contributed by atoms with Crippen LogP contribution in [0.5, 0.6) is 0 Å². The molecule has 3 heterocycles. The highest BCUT2D eigenvalue weighted by Gasteiger charge is 2.46. The zero-order valence-corrected chi connectivity index (χ0v) is 24.1. The first-order valence-corrected chi connectivity index (χ1v) is 16.8. The van der Waals surface area contributed by atoms with Crippen molar-refractivity contribution in [2.45, 2.75) is 18.8 Å². The molecule has 0 N–H and O–H groups in total. The van der Waals surface area contributed by atoms with Crippen LogP contribution >= 0.6 is 16.1 Å². The van der Waals surface area contributed by atoms with Gasteiger partial charge in [-0.25, -0.2) is 0 Å². The van der Waals surface area contributed by atoms with E-state index < -0.39 is 16.1 Å². The van der Waals surface area contributed by atoms with E-state index in [0.717, 1.165) is 45.7 Å². The molecule has 3 aliphatic heterocycles. The largest absolute Gasteiger partial charge is 0.285 e. The molecule has 0 bridgehead atoms. The maximum Gasteiger partial charge on any atom is 0.0692 e. The van der Waals surface area contributed by atoms with Crippen molar-refractivity contribution in [1.82, 2.24) is 19.1 Å².